The van der Waals surface area contributed by atoms with Gasteiger partial charge in [0.1, 0.15) is 0 Å². The number of hydrogen-bond acceptors (Lipinski definition) is 2. The van der Waals surface area contributed by atoms with Crippen LogP contribution in [0, 0.1) is 5.92 Å². The fourth-order valence-electron chi connectivity index (χ4n) is 5.36. The second-order valence-corrected chi connectivity index (χ2v) is 8.40. The zero-order valence-electron chi connectivity index (χ0n) is 14.4. The molecule has 2 saturated carbocycles. The normalized spacial score (nSPS) is 30.0. The molecule has 0 aromatic heterocycles. The Morgan fingerprint density at radius 1 is 1.00 bits per heavy atom. The molecule has 1 saturated heterocycles. The van der Waals surface area contributed by atoms with E-state index in [-0.39, 0.29) is 0 Å². The first kappa shape index (κ1) is 15.8. The van der Waals surface area contributed by atoms with Crippen LogP contribution in [-0.2, 0) is 0 Å². The minimum Gasteiger partial charge on any atom is -0.308 e. The molecule has 3 fully saturated rings. The van der Waals surface area contributed by atoms with Gasteiger partial charge in [0.05, 0.1) is 0 Å². The van der Waals surface area contributed by atoms with Crippen LogP contribution in [0.25, 0.3) is 0 Å². The Morgan fingerprint density at radius 2 is 1.67 bits per heavy atom. The lowest BCUT2D eigenvalue weighted by Gasteiger charge is -2.56. The summed E-state index contributed by atoms with van der Waals surface area (Å²) in [6.45, 7) is 8.76. The molecule has 1 unspecified atom stereocenters. The Hall–Kier alpha value is -0.0800. The van der Waals surface area contributed by atoms with Gasteiger partial charge in [0.2, 0.25) is 0 Å². The maximum absolute atomic E-state index is 4.05. The SMILES string of the molecule is CCCC(C)CN1CC2(CCCC2)NCC12CCCCC2. The third kappa shape index (κ3) is 3.32. The largest absolute Gasteiger partial charge is 0.308 e. The number of piperazine rings is 1. The number of nitrogens with zero attached hydrogens (tertiary/aromatic N) is 1. The van der Waals surface area contributed by atoms with E-state index in [0.717, 1.165) is 5.92 Å². The molecule has 1 heterocycles. The van der Waals surface area contributed by atoms with Crippen LogP contribution in [0.3, 0.4) is 0 Å². The van der Waals surface area contributed by atoms with Crippen LogP contribution in [0.5, 0.6) is 0 Å². The lowest BCUT2D eigenvalue weighted by atomic mass is 9.75. The predicted octanol–water partition coefficient (Wildman–Crippen LogP) is 4.34. The Morgan fingerprint density at radius 3 is 2.33 bits per heavy atom. The molecule has 2 heteroatoms. The molecule has 0 amide bonds. The number of rotatable bonds is 4. The molecule has 0 bridgehead atoms. The van der Waals surface area contributed by atoms with Crippen molar-refractivity contribution in [3.05, 3.63) is 0 Å². The average molecular weight is 293 g/mol. The first-order valence-corrected chi connectivity index (χ1v) is 9.68. The molecule has 21 heavy (non-hydrogen) atoms. The molecule has 3 aliphatic rings. The van der Waals surface area contributed by atoms with Gasteiger partial charge in [-0.05, 0) is 38.0 Å². The van der Waals surface area contributed by atoms with Gasteiger partial charge in [-0.3, -0.25) is 4.90 Å². The Kier molecular flexibility index (Phi) is 4.95. The maximum Gasteiger partial charge on any atom is 0.0335 e. The Bertz CT molecular complexity index is 326. The van der Waals surface area contributed by atoms with Gasteiger partial charge in [-0.25, -0.2) is 0 Å². The van der Waals surface area contributed by atoms with Gasteiger partial charge in [0, 0.05) is 30.7 Å². The summed E-state index contributed by atoms with van der Waals surface area (Å²) >= 11 is 0. The molecule has 0 aromatic carbocycles. The standard InChI is InChI=1S/C19H36N2/c1-3-9-17(2)14-21-16-18(10-7-8-11-18)20-15-19(21)12-5-4-6-13-19/h17,20H,3-16H2,1-2H3. The molecule has 0 radical (unpaired) electrons. The summed E-state index contributed by atoms with van der Waals surface area (Å²) in [7, 11) is 0. The number of nitrogens with one attached hydrogen (secondary N) is 1. The second kappa shape index (κ2) is 6.58. The predicted molar refractivity (Wildman–Crippen MR) is 90.7 cm³/mol. The topological polar surface area (TPSA) is 15.3 Å². The van der Waals surface area contributed by atoms with E-state index in [1.54, 1.807) is 0 Å². The Labute approximate surface area is 132 Å². The molecule has 2 nitrogen and oxygen atoms in total. The molecule has 3 rings (SSSR count). The van der Waals surface area contributed by atoms with E-state index in [2.05, 4.69) is 24.1 Å². The highest BCUT2D eigenvalue weighted by atomic mass is 15.3. The summed E-state index contributed by atoms with van der Waals surface area (Å²) in [6, 6.07) is 0. The van der Waals surface area contributed by atoms with Gasteiger partial charge < -0.3 is 5.32 Å². The maximum atomic E-state index is 4.05. The van der Waals surface area contributed by atoms with Gasteiger partial charge in [0.15, 0.2) is 0 Å². The van der Waals surface area contributed by atoms with Crippen LogP contribution in [-0.4, -0.2) is 35.6 Å². The summed E-state index contributed by atoms with van der Waals surface area (Å²) in [4.78, 5) is 2.97. The van der Waals surface area contributed by atoms with Crippen LogP contribution < -0.4 is 5.32 Å². The quantitative estimate of drug-likeness (QED) is 0.829. The van der Waals surface area contributed by atoms with E-state index in [1.807, 2.05) is 0 Å². The summed E-state index contributed by atoms with van der Waals surface area (Å²) in [5.74, 6) is 0.866. The van der Waals surface area contributed by atoms with E-state index in [0.29, 0.717) is 11.1 Å². The Balaban J connectivity index is 1.73. The summed E-state index contributed by atoms with van der Waals surface area (Å²) in [5.41, 5.74) is 0.989. The van der Waals surface area contributed by atoms with E-state index in [4.69, 9.17) is 0 Å². The highest BCUT2D eigenvalue weighted by Crippen LogP contribution is 2.42. The van der Waals surface area contributed by atoms with Gasteiger partial charge >= 0.3 is 0 Å². The van der Waals surface area contributed by atoms with Crippen LogP contribution in [0.15, 0.2) is 0 Å². The monoisotopic (exact) mass is 292 g/mol. The van der Waals surface area contributed by atoms with Gasteiger partial charge in [-0.15, -0.1) is 0 Å². The van der Waals surface area contributed by atoms with Crippen molar-refractivity contribution in [1.29, 1.82) is 0 Å². The fourth-order valence-corrected chi connectivity index (χ4v) is 5.36. The minimum atomic E-state index is 0.481. The summed E-state index contributed by atoms with van der Waals surface area (Å²) < 4.78 is 0. The third-order valence-electron chi connectivity index (χ3n) is 6.62. The first-order valence-electron chi connectivity index (χ1n) is 9.68. The van der Waals surface area contributed by atoms with E-state index < -0.39 is 0 Å². The van der Waals surface area contributed by atoms with Crippen LogP contribution in [0.4, 0.5) is 0 Å². The zero-order chi connectivity index (χ0) is 14.8. The van der Waals surface area contributed by atoms with Crippen molar-refractivity contribution in [2.75, 3.05) is 19.6 Å². The fraction of sp³-hybridized carbons (Fsp3) is 1.00. The van der Waals surface area contributed by atoms with Gasteiger partial charge in [-0.2, -0.15) is 0 Å². The molecule has 2 aliphatic carbocycles. The molecule has 1 atom stereocenters. The van der Waals surface area contributed by atoms with Crippen LogP contribution in [0.1, 0.15) is 84.5 Å². The smallest absolute Gasteiger partial charge is 0.0335 e. The molecule has 1 aliphatic heterocycles. The highest BCUT2D eigenvalue weighted by Gasteiger charge is 2.48. The lowest BCUT2D eigenvalue weighted by Crippen LogP contribution is -2.70. The van der Waals surface area contributed by atoms with Crippen molar-refractivity contribution in [2.24, 2.45) is 5.92 Å². The molecule has 1 N–H and O–H groups in total. The molecular weight excluding hydrogens is 256 g/mol. The molecular formula is C19H36N2. The lowest BCUT2D eigenvalue weighted by molar-refractivity contribution is -0.0264. The van der Waals surface area contributed by atoms with Crippen molar-refractivity contribution in [2.45, 2.75) is 95.6 Å². The van der Waals surface area contributed by atoms with Crippen molar-refractivity contribution in [3.8, 4) is 0 Å². The van der Waals surface area contributed by atoms with E-state index in [9.17, 15) is 0 Å². The van der Waals surface area contributed by atoms with Crippen molar-refractivity contribution in [1.82, 2.24) is 10.2 Å². The summed E-state index contributed by atoms with van der Waals surface area (Å²) in [6.07, 6.45) is 15.7. The van der Waals surface area contributed by atoms with E-state index >= 15 is 0 Å². The molecule has 122 valence electrons. The van der Waals surface area contributed by atoms with Crippen LogP contribution in [0.2, 0.25) is 0 Å². The summed E-state index contributed by atoms with van der Waals surface area (Å²) in [5, 5.41) is 4.05. The average Bonchev–Trinajstić information content (AvgIpc) is 2.93. The van der Waals surface area contributed by atoms with Crippen molar-refractivity contribution < 1.29 is 0 Å². The molecule has 0 aromatic rings. The minimum absolute atomic E-state index is 0.481. The first-order chi connectivity index (χ1) is 10.2. The van der Waals surface area contributed by atoms with Crippen LogP contribution >= 0.6 is 0 Å². The van der Waals surface area contributed by atoms with E-state index in [1.165, 1.54) is 90.3 Å². The molecule has 2 spiro atoms. The van der Waals surface area contributed by atoms with Crippen molar-refractivity contribution >= 4 is 0 Å². The highest BCUT2D eigenvalue weighted by molar-refractivity contribution is 5.08. The van der Waals surface area contributed by atoms with Gasteiger partial charge in [0.25, 0.3) is 0 Å². The zero-order valence-corrected chi connectivity index (χ0v) is 14.4. The number of hydrogen-bond donors (Lipinski definition) is 1. The van der Waals surface area contributed by atoms with Crippen molar-refractivity contribution in [3.63, 3.8) is 0 Å². The second-order valence-electron chi connectivity index (χ2n) is 8.40. The van der Waals surface area contributed by atoms with Gasteiger partial charge in [-0.1, -0.05) is 52.4 Å². The third-order valence-corrected chi connectivity index (χ3v) is 6.62.